The van der Waals surface area contributed by atoms with Crippen LogP contribution in [0.5, 0.6) is 0 Å². The van der Waals surface area contributed by atoms with Crippen LogP contribution in [-0.2, 0) is 0 Å². The van der Waals surface area contributed by atoms with E-state index in [4.69, 9.17) is 11.5 Å². The molecule has 0 aliphatic heterocycles. The van der Waals surface area contributed by atoms with Crippen molar-refractivity contribution < 1.29 is 0 Å². The van der Waals surface area contributed by atoms with E-state index in [0.29, 0.717) is 11.4 Å². The first-order valence-electron chi connectivity index (χ1n) is 6.16. The molecule has 0 unspecified atom stereocenters. The molecule has 0 radical (unpaired) electrons. The van der Waals surface area contributed by atoms with Crippen molar-refractivity contribution >= 4 is 22.3 Å². The standard InChI is InChI=1S/C16H15N3/c1-10-2-4-11(5-3-10)16-9-14(18)13-8-12(17)6-7-15(13)19-16/h2-9H,17H2,1H3,(H2,18,19). The first-order valence-corrected chi connectivity index (χ1v) is 6.16. The van der Waals surface area contributed by atoms with Gasteiger partial charge in [0.2, 0.25) is 0 Å². The number of rotatable bonds is 1. The number of nitrogen functional groups attached to an aromatic ring is 2. The van der Waals surface area contributed by atoms with E-state index in [1.807, 2.05) is 24.3 Å². The molecule has 0 atom stereocenters. The number of aromatic nitrogens is 1. The Hall–Kier alpha value is -2.55. The van der Waals surface area contributed by atoms with Crippen LogP contribution in [0.4, 0.5) is 11.4 Å². The van der Waals surface area contributed by atoms with Gasteiger partial charge in [0.25, 0.3) is 0 Å². The van der Waals surface area contributed by atoms with Gasteiger partial charge >= 0.3 is 0 Å². The number of hydrogen-bond donors (Lipinski definition) is 2. The molecule has 94 valence electrons. The fraction of sp³-hybridized carbons (Fsp3) is 0.0625. The van der Waals surface area contributed by atoms with Gasteiger partial charge in [-0.2, -0.15) is 0 Å². The summed E-state index contributed by atoms with van der Waals surface area (Å²) < 4.78 is 0. The maximum Gasteiger partial charge on any atom is 0.0731 e. The Morgan fingerprint density at radius 1 is 0.895 bits per heavy atom. The van der Waals surface area contributed by atoms with Gasteiger partial charge in [0.05, 0.1) is 11.2 Å². The molecular formula is C16H15N3. The molecule has 3 nitrogen and oxygen atoms in total. The van der Waals surface area contributed by atoms with Gasteiger partial charge in [-0.1, -0.05) is 29.8 Å². The van der Waals surface area contributed by atoms with Crippen LogP contribution in [0.1, 0.15) is 5.56 Å². The van der Waals surface area contributed by atoms with Gasteiger partial charge in [0, 0.05) is 22.3 Å². The zero-order valence-corrected chi connectivity index (χ0v) is 10.7. The monoisotopic (exact) mass is 249 g/mol. The van der Waals surface area contributed by atoms with Crippen LogP contribution >= 0.6 is 0 Å². The number of aryl methyl sites for hydroxylation is 1. The lowest BCUT2D eigenvalue weighted by atomic mass is 10.1. The maximum absolute atomic E-state index is 6.10. The molecule has 0 aliphatic rings. The van der Waals surface area contributed by atoms with Gasteiger partial charge in [-0.05, 0) is 31.2 Å². The van der Waals surface area contributed by atoms with Crippen molar-refractivity contribution in [3.05, 3.63) is 54.1 Å². The third-order valence-corrected chi connectivity index (χ3v) is 3.21. The summed E-state index contributed by atoms with van der Waals surface area (Å²) >= 11 is 0. The molecule has 3 rings (SSSR count). The third-order valence-electron chi connectivity index (χ3n) is 3.21. The van der Waals surface area contributed by atoms with E-state index >= 15 is 0 Å². The summed E-state index contributed by atoms with van der Waals surface area (Å²) in [5.74, 6) is 0. The number of pyridine rings is 1. The molecule has 0 bridgehead atoms. The van der Waals surface area contributed by atoms with Crippen molar-refractivity contribution in [2.24, 2.45) is 0 Å². The summed E-state index contributed by atoms with van der Waals surface area (Å²) in [6, 6.07) is 15.7. The molecule has 19 heavy (non-hydrogen) atoms. The van der Waals surface area contributed by atoms with Crippen LogP contribution in [0.2, 0.25) is 0 Å². The maximum atomic E-state index is 6.10. The van der Waals surface area contributed by atoms with Gasteiger partial charge in [-0.25, -0.2) is 4.98 Å². The van der Waals surface area contributed by atoms with E-state index in [9.17, 15) is 0 Å². The summed E-state index contributed by atoms with van der Waals surface area (Å²) in [5.41, 5.74) is 17.3. The number of nitrogens with zero attached hydrogens (tertiary/aromatic N) is 1. The second kappa shape index (κ2) is 4.28. The molecule has 0 spiro atoms. The summed E-state index contributed by atoms with van der Waals surface area (Å²) in [6.07, 6.45) is 0. The Bertz CT molecular complexity index is 746. The Kier molecular flexibility index (Phi) is 2.60. The third kappa shape index (κ3) is 2.10. The number of benzene rings is 2. The van der Waals surface area contributed by atoms with E-state index in [-0.39, 0.29) is 0 Å². The van der Waals surface area contributed by atoms with Gasteiger partial charge < -0.3 is 11.5 Å². The minimum absolute atomic E-state index is 0.698. The van der Waals surface area contributed by atoms with Gasteiger partial charge in [-0.15, -0.1) is 0 Å². The van der Waals surface area contributed by atoms with Gasteiger partial charge in [0.15, 0.2) is 0 Å². The second-order valence-corrected chi connectivity index (χ2v) is 4.74. The Balaban J connectivity index is 2.20. The van der Waals surface area contributed by atoms with Crippen molar-refractivity contribution in [3.63, 3.8) is 0 Å². The molecule has 0 saturated heterocycles. The number of fused-ring (bicyclic) bond motifs is 1. The van der Waals surface area contributed by atoms with Crippen molar-refractivity contribution in [2.75, 3.05) is 11.5 Å². The van der Waals surface area contributed by atoms with Crippen LogP contribution in [0.15, 0.2) is 48.5 Å². The van der Waals surface area contributed by atoms with E-state index in [1.165, 1.54) is 5.56 Å². The number of hydrogen-bond acceptors (Lipinski definition) is 3. The zero-order chi connectivity index (χ0) is 13.4. The predicted octanol–water partition coefficient (Wildman–Crippen LogP) is 3.37. The normalized spacial score (nSPS) is 10.8. The van der Waals surface area contributed by atoms with Crippen LogP contribution in [-0.4, -0.2) is 4.98 Å². The van der Waals surface area contributed by atoms with Crippen LogP contribution in [0.3, 0.4) is 0 Å². The molecule has 1 heterocycles. The smallest absolute Gasteiger partial charge is 0.0731 e. The number of nitrogens with two attached hydrogens (primary N) is 2. The van der Waals surface area contributed by atoms with Crippen molar-refractivity contribution in [1.29, 1.82) is 0 Å². The molecule has 0 aliphatic carbocycles. The quantitative estimate of drug-likeness (QED) is 0.650. The van der Waals surface area contributed by atoms with Gasteiger partial charge in [-0.3, -0.25) is 0 Å². The first kappa shape index (κ1) is 11.5. The van der Waals surface area contributed by atoms with Crippen molar-refractivity contribution in [1.82, 2.24) is 4.98 Å². The van der Waals surface area contributed by atoms with Gasteiger partial charge in [0.1, 0.15) is 0 Å². The minimum Gasteiger partial charge on any atom is -0.399 e. The molecule has 0 amide bonds. The molecule has 3 heteroatoms. The summed E-state index contributed by atoms with van der Waals surface area (Å²) in [7, 11) is 0. The van der Waals surface area contributed by atoms with E-state index < -0.39 is 0 Å². The summed E-state index contributed by atoms with van der Waals surface area (Å²) in [6.45, 7) is 2.06. The average Bonchev–Trinajstić information content (AvgIpc) is 2.40. The van der Waals surface area contributed by atoms with E-state index in [0.717, 1.165) is 22.2 Å². The lowest BCUT2D eigenvalue weighted by Crippen LogP contribution is -1.94. The average molecular weight is 249 g/mol. The zero-order valence-electron chi connectivity index (χ0n) is 10.7. The minimum atomic E-state index is 0.698. The highest BCUT2D eigenvalue weighted by molar-refractivity contribution is 5.94. The molecule has 2 aromatic carbocycles. The second-order valence-electron chi connectivity index (χ2n) is 4.74. The largest absolute Gasteiger partial charge is 0.399 e. The fourth-order valence-electron chi connectivity index (χ4n) is 2.14. The van der Waals surface area contributed by atoms with Crippen LogP contribution < -0.4 is 11.5 Å². The number of anilines is 2. The lowest BCUT2D eigenvalue weighted by molar-refractivity contribution is 1.38. The highest BCUT2D eigenvalue weighted by atomic mass is 14.7. The molecule has 0 fully saturated rings. The van der Waals surface area contributed by atoms with Crippen LogP contribution in [0.25, 0.3) is 22.2 Å². The Morgan fingerprint density at radius 2 is 1.63 bits per heavy atom. The van der Waals surface area contributed by atoms with Crippen molar-refractivity contribution in [3.8, 4) is 11.3 Å². The van der Waals surface area contributed by atoms with Crippen molar-refractivity contribution in [2.45, 2.75) is 6.92 Å². The topological polar surface area (TPSA) is 64.9 Å². The molecule has 4 N–H and O–H groups in total. The Morgan fingerprint density at radius 3 is 2.37 bits per heavy atom. The highest BCUT2D eigenvalue weighted by Gasteiger charge is 2.05. The van der Waals surface area contributed by atoms with E-state index in [1.54, 1.807) is 0 Å². The first-order chi connectivity index (χ1) is 9.13. The Labute approximate surface area is 111 Å². The predicted molar refractivity (Wildman–Crippen MR) is 80.7 cm³/mol. The molecule has 0 saturated carbocycles. The fourth-order valence-corrected chi connectivity index (χ4v) is 2.14. The lowest BCUT2D eigenvalue weighted by Gasteiger charge is -2.07. The molecule has 1 aromatic heterocycles. The summed E-state index contributed by atoms with van der Waals surface area (Å²) in [4.78, 5) is 4.64. The highest BCUT2D eigenvalue weighted by Crippen LogP contribution is 2.27. The van der Waals surface area contributed by atoms with E-state index in [2.05, 4.69) is 36.2 Å². The van der Waals surface area contributed by atoms with Crippen LogP contribution in [0, 0.1) is 6.92 Å². The summed E-state index contributed by atoms with van der Waals surface area (Å²) in [5, 5.41) is 0.899. The molecule has 3 aromatic rings. The molecular weight excluding hydrogens is 234 g/mol. The SMILES string of the molecule is Cc1ccc(-c2cc(N)c3cc(N)ccc3n2)cc1.